The maximum atomic E-state index is 11.4. The van der Waals surface area contributed by atoms with E-state index in [1.165, 1.54) is 0 Å². The molecule has 0 fully saturated rings. The van der Waals surface area contributed by atoms with Crippen LogP contribution in [-0.4, -0.2) is 46.7 Å². The van der Waals surface area contributed by atoms with Gasteiger partial charge in [0.05, 0.1) is 12.4 Å². The number of sulfone groups is 1. The highest BCUT2D eigenvalue weighted by atomic mass is 32.2. The Kier molecular flexibility index (Phi) is 8.48. The molecule has 0 aromatic rings. The molecule has 18 heavy (non-hydrogen) atoms. The van der Waals surface area contributed by atoms with Crippen LogP contribution in [0.5, 0.6) is 0 Å². The second-order valence-electron chi connectivity index (χ2n) is 4.87. The lowest BCUT2D eigenvalue weighted by molar-refractivity contribution is 0.195. The van der Waals surface area contributed by atoms with Crippen LogP contribution in [0.25, 0.3) is 0 Å². The molecule has 1 atom stereocenters. The van der Waals surface area contributed by atoms with E-state index in [1.807, 2.05) is 6.08 Å². The lowest BCUT2D eigenvalue weighted by Crippen LogP contribution is -2.32. The molecule has 4 nitrogen and oxygen atoms in total. The molecule has 0 spiro atoms. The molecule has 0 aliphatic carbocycles. The van der Waals surface area contributed by atoms with Gasteiger partial charge in [0.25, 0.3) is 0 Å². The standard InChI is InChI=1S/C13H27NO3S/c1-5-13(3,12-14-9-10-17-4)8-7-11-18(15,16)6-2/h5,14H,1,6-12H2,2-4H3. The minimum atomic E-state index is -2.85. The predicted molar refractivity (Wildman–Crippen MR) is 76.6 cm³/mol. The number of nitrogens with one attached hydrogen (secondary N) is 1. The smallest absolute Gasteiger partial charge is 0.150 e. The zero-order valence-electron chi connectivity index (χ0n) is 11.9. The Balaban J connectivity index is 4.03. The molecular formula is C13H27NO3S. The zero-order valence-corrected chi connectivity index (χ0v) is 12.7. The van der Waals surface area contributed by atoms with Gasteiger partial charge in [-0.05, 0) is 18.3 Å². The fourth-order valence-electron chi connectivity index (χ4n) is 1.65. The third kappa shape index (κ3) is 7.84. The Morgan fingerprint density at radius 3 is 2.61 bits per heavy atom. The molecule has 0 amide bonds. The molecule has 0 aliphatic rings. The van der Waals surface area contributed by atoms with Crippen LogP contribution in [0.1, 0.15) is 26.7 Å². The molecule has 0 rings (SSSR count). The van der Waals surface area contributed by atoms with Gasteiger partial charge in [-0.25, -0.2) is 8.42 Å². The molecule has 0 saturated carbocycles. The van der Waals surface area contributed by atoms with Crippen molar-refractivity contribution in [1.82, 2.24) is 5.32 Å². The first-order chi connectivity index (χ1) is 8.39. The topological polar surface area (TPSA) is 55.4 Å². The molecular weight excluding hydrogens is 250 g/mol. The highest BCUT2D eigenvalue weighted by Crippen LogP contribution is 2.23. The Labute approximate surface area is 112 Å². The summed E-state index contributed by atoms with van der Waals surface area (Å²) in [6.45, 7) is 9.91. The molecule has 0 bridgehead atoms. The van der Waals surface area contributed by atoms with E-state index in [4.69, 9.17) is 4.74 Å². The predicted octanol–water partition coefficient (Wildman–Crippen LogP) is 1.63. The number of rotatable bonds is 11. The second-order valence-corrected chi connectivity index (χ2v) is 7.34. The molecule has 0 aliphatic heterocycles. The molecule has 0 aromatic heterocycles. The molecule has 1 N–H and O–H groups in total. The quantitative estimate of drug-likeness (QED) is 0.461. The summed E-state index contributed by atoms with van der Waals surface area (Å²) in [6.07, 6.45) is 3.42. The first kappa shape index (κ1) is 17.6. The largest absolute Gasteiger partial charge is 0.383 e. The van der Waals surface area contributed by atoms with Crippen molar-refractivity contribution in [3.05, 3.63) is 12.7 Å². The van der Waals surface area contributed by atoms with E-state index in [0.29, 0.717) is 13.0 Å². The van der Waals surface area contributed by atoms with Gasteiger partial charge in [-0.1, -0.05) is 19.9 Å². The summed E-state index contributed by atoms with van der Waals surface area (Å²) in [5, 5.41) is 3.29. The highest BCUT2D eigenvalue weighted by Gasteiger charge is 2.20. The third-order valence-corrected chi connectivity index (χ3v) is 4.94. The summed E-state index contributed by atoms with van der Waals surface area (Å²) in [7, 11) is -1.18. The van der Waals surface area contributed by atoms with Crippen molar-refractivity contribution in [3.63, 3.8) is 0 Å². The summed E-state index contributed by atoms with van der Waals surface area (Å²) in [6, 6.07) is 0. The lowest BCUT2D eigenvalue weighted by Gasteiger charge is -2.26. The lowest BCUT2D eigenvalue weighted by atomic mass is 9.86. The van der Waals surface area contributed by atoms with Gasteiger partial charge in [0.1, 0.15) is 9.84 Å². The van der Waals surface area contributed by atoms with Crippen molar-refractivity contribution in [2.24, 2.45) is 5.41 Å². The van der Waals surface area contributed by atoms with Gasteiger partial charge >= 0.3 is 0 Å². The number of hydrogen-bond acceptors (Lipinski definition) is 4. The average Bonchev–Trinajstić information content (AvgIpc) is 2.34. The SMILES string of the molecule is C=CC(C)(CCCS(=O)(=O)CC)CNCCOC. The summed E-state index contributed by atoms with van der Waals surface area (Å²) < 4.78 is 27.8. The van der Waals surface area contributed by atoms with Gasteiger partial charge in [0, 0.05) is 26.0 Å². The van der Waals surface area contributed by atoms with Crippen molar-refractivity contribution in [3.8, 4) is 0 Å². The summed E-state index contributed by atoms with van der Waals surface area (Å²) in [4.78, 5) is 0. The highest BCUT2D eigenvalue weighted by molar-refractivity contribution is 7.91. The Morgan fingerprint density at radius 2 is 2.11 bits per heavy atom. The second kappa shape index (κ2) is 8.67. The van der Waals surface area contributed by atoms with Crippen molar-refractivity contribution < 1.29 is 13.2 Å². The van der Waals surface area contributed by atoms with Gasteiger partial charge < -0.3 is 10.1 Å². The zero-order chi connectivity index (χ0) is 14.1. The molecule has 5 heteroatoms. The van der Waals surface area contributed by atoms with E-state index < -0.39 is 9.84 Å². The Hall–Kier alpha value is -0.390. The van der Waals surface area contributed by atoms with E-state index in [0.717, 1.165) is 19.5 Å². The normalized spacial score (nSPS) is 15.3. The van der Waals surface area contributed by atoms with Crippen LogP contribution in [0.3, 0.4) is 0 Å². The molecule has 0 radical (unpaired) electrons. The average molecular weight is 277 g/mol. The monoisotopic (exact) mass is 277 g/mol. The first-order valence-electron chi connectivity index (χ1n) is 6.43. The minimum absolute atomic E-state index is 0.0585. The van der Waals surface area contributed by atoms with Crippen LogP contribution >= 0.6 is 0 Å². The molecule has 0 saturated heterocycles. The fraction of sp³-hybridized carbons (Fsp3) is 0.846. The van der Waals surface area contributed by atoms with Crippen LogP contribution in [0.2, 0.25) is 0 Å². The number of methoxy groups -OCH3 is 1. The summed E-state index contributed by atoms with van der Waals surface area (Å²) in [5.41, 5.74) is -0.0585. The molecule has 108 valence electrons. The number of hydrogen-bond donors (Lipinski definition) is 1. The third-order valence-electron chi connectivity index (χ3n) is 3.15. The van der Waals surface area contributed by atoms with Crippen molar-refractivity contribution >= 4 is 9.84 Å². The van der Waals surface area contributed by atoms with Crippen molar-refractivity contribution in [2.45, 2.75) is 26.7 Å². The van der Waals surface area contributed by atoms with E-state index in [-0.39, 0.29) is 16.9 Å². The van der Waals surface area contributed by atoms with E-state index in [1.54, 1.807) is 14.0 Å². The Morgan fingerprint density at radius 1 is 1.44 bits per heavy atom. The molecule has 0 aromatic carbocycles. The van der Waals surface area contributed by atoms with E-state index in [2.05, 4.69) is 18.8 Å². The van der Waals surface area contributed by atoms with E-state index >= 15 is 0 Å². The maximum Gasteiger partial charge on any atom is 0.150 e. The van der Waals surface area contributed by atoms with Crippen LogP contribution in [-0.2, 0) is 14.6 Å². The number of ether oxygens (including phenoxy) is 1. The van der Waals surface area contributed by atoms with Gasteiger partial charge in [0.2, 0.25) is 0 Å². The van der Waals surface area contributed by atoms with Crippen molar-refractivity contribution in [1.29, 1.82) is 0 Å². The van der Waals surface area contributed by atoms with Crippen molar-refractivity contribution in [2.75, 3.05) is 38.3 Å². The molecule has 0 heterocycles. The minimum Gasteiger partial charge on any atom is -0.383 e. The van der Waals surface area contributed by atoms with Crippen LogP contribution in [0.4, 0.5) is 0 Å². The van der Waals surface area contributed by atoms with Crippen LogP contribution < -0.4 is 5.32 Å². The summed E-state index contributed by atoms with van der Waals surface area (Å²) in [5.74, 6) is 0.495. The van der Waals surface area contributed by atoms with Crippen LogP contribution in [0.15, 0.2) is 12.7 Å². The first-order valence-corrected chi connectivity index (χ1v) is 8.25. The Bertz CT molecular complexity index is 327. The fourth-order valence-corrected chi connectivity index (χ4v) is 2.52. The van der Waals surface area contributed by atoms with Gasteiger partial charge in [-0.15, -0.1) is 6.58 Å². The van der Waals surface area contributed by atoms with Crippen LogP contribution in [0, 0.1) is 5.41 Å². The molecule has 1 unspecified atom stereocenters. The van der Waals surface area contributed by atoms with Gasteiger partial charge in [-0.2, -0.15) is 0 Å². The van der Waals surface area contributed by atoms with Gasteiger partial charge in [0.15, 0.2) is 0 Å². The van der Waals surface area contributed by atoms with E-state index in [9.17, 15) is 8.42 Å². The van der Waals surface area contributed by atoms with Gasteiger partial charge in [-0.3, -0.25) is 0 Å². The summed E-state index contributed by atoms with van der Waals surface area (Å²) >= 11 is 0. The maximum absolute atomic E-state index is 11.4.